The molecule has 4 nitrogen and oxygen atoms in total. The molecule has 0 atom stereocenters. The van der Waals surface area contributed by atoms with Gasteiger partial charge in [0.2, 0.25) is 0 Å². The third-order valence-corrected chi connectivity index (χ3v) is 2.62. The molecule has 0 fully saturated rings. The highest BCUT2D eigenvalue weighted by Crippen LogP contribution is 2.34. The Balaban J connectivity index is 3.35. The monoisotopic (exact) mass is 286 g/mol. The molecule has 0 radical (unpaired) electrons. The first-order valence-corrected chi connectivity index (χ1v) is 5.82. The molecule has 0 bridgehead atoms. The molecule has 1 aromatic rings. The van der Waals surface area contributed by atoms with Crippen molar-refractivity contribution in [2.24, 2.45) is 5.73 Å². The normalized spacial score (nSPS) is 11.0. The van der Waals surface area contributed by atoms with Crippen molar-refractivity contribution in [3.63, 3.8) is 0 Å². The van der Waals surface area contributed by atoms with Crippen molar-refractivity contribution in [2.45, 2.75) is 26.1 Å². The Labute approximate surface area is 113 Å². The Morgan fingerprint density at radius 1 is 1.45 bits per heavy atom. The maximum absolute atomic E-state index is 12.9. The first-order chi connectivity index (χ1) is 9.33. The molecule has 20 heavy (non-hydrogen) atoms. The second kappa shape index (κ2) is 6.39. The highest BCUT2D eigenvalue weighted by molar-refractivity contribution is 5.73. The topological polar surface area (TPSA) is 76.1 Å². The molecule has 0 saturated heterocycles. The number of ether oxygens (including phenoxy) is 1. The number of hydrogen-bond acceptors (Lipinski definition) is 4. The van der Waals surface area contributed by atoms with E-state index >= 15 is 0 Å². The van der Waals surface area contributed by atoms with Crippen molar-refractivity contribution in [1.29, 1.82) is 5.26 Å². The average molecular weight is 286 g/mol. The van der Waals surface area contributed by atoms with Gasteiger partial charge in [0.05, 0.1) is 30.2 Å². The molecule has 0 aliphatic heterocycles. The van der Waals surface area contributed by atoms with Gasteiger partial charge in [0.1, 0.15) is 0 Å². The summed E-state index contributed by atoms with van der Waals surface area (Å²) >= 11 is 0. The first kappa shape index (κ1) is 16.0. The zero-order valence-electron chi connectivity index (χ0n) is 10.8. The summed E-state index contributed by atoms with van der Waals surface area (Å²) in [5.41, 5.74) is 4.07. The van der Waals surface area contributed by atoms with Crippen LogP contribution < -0.4 is 5.73 Å². The van der Waals surface area contributed by atoms with Crippen LogP contribution in [0.2, 0.25) is 0 Å². The molecule has 108 valence electrons. The molecule has 0 aliphatic carbocycles. The Morgan fingerprint density at radius 2 is 2.10 bits per heavy atom. The van der Waals surface area contributed by atoms with Crippen LogP contribution in [0.5, 0.6) is 0 Å². The van der Waals surface area contributed by atoms with Crippen LogP contribution in [-0.4, -0.2) is 12.6 Å². The summed E-state index contributed by atoms with van der Waals surface area (Å²) in [7, 11) is 0. The number of halogens is 3. The molecule has 1 aromatic carbocycles. The van der Waals surface area contributed by atoms with Gasteiger partial charge < -0.3 is 10.5 Å². The van der Waals surface area contributed by atoms with Crippen molar-refractivity contribution in [3.8, 4) is 6.07 Å². The number of nitrogens with two attached hydrogens (primary N) is 1. The molecule has 0 aliphatic rings. The van der Waals surface area contributed by atoms with Gasteiger partial charge in [0.25, 0.3) is 0 Å². The van der Waals surface area contributed by atoms with Gasteiger partial charge in [-0.15, -0.1) is 0 Å². The van der Waals surface area contributed by atoms with Gasteiger partial charge in [-0.2, -0.15) is 18.4 Å². The molecule has 0 saturated carbocycles. The number of alkyl halides is 3. The molecule has 0 amide bonds. The van der Waals surface area contributed by atoms with E-state index in [9.17, 15) is 18.0 Å². The van der Waals surface area contributed by atoms with Gasteiger partial charge in [-0.1, -0.05) is 0 Å². The molecule has 2 N–H and O–H groups in total. The predicted molar refractivity (Wildman–Crippen MR) is 64.4 cm³/mol. The fourth-order valence-corrected chi connectivity index (χ4v) is 1.82. The smallest absolute Gasteiger partial charge is 0.416 e. The number of esters is 1. The number of nitrogens with zero attached hydrogens (tertiary/aromatic N) is 1. The lowest BCUT2D eigenvalue weighted by molar-refractivity contribution is -0.143. The molecule has 0 heterocycles. The summed E-state index contributed by atoms with van der Waals surface area (Å²) in [6.45, 7) is 1.34. The van der Waals surface area contributed by atoms with Gasteiger partial charge in [0.15, 0.2) is 0 Å². The third kappa shape index (κ3) is 3.71. The van der Waals surface area contributed by atoms with Crippen LogP contribution in [0.25, 0.3) is 0 Å². The molecule has 0 aromatic heterocycles. The lowest BCUT2D eigenvalue weighted by Gasteiger charge is -2.16. The van der Waals surface area contributed by atoms with Crippen LogP contribution in [0.4, 0.5) is 13.2 Å². The molecular weight excluding hydrogens is 273 g/mol. The van der Waals surface area contributed by atoms with Gasteiger partial charge in [-0.05, 0) is 30.2 Å². The van der Waals surface area contributed by atoms with Crippen molar-refractivity contribution in [3.05, 3.63) is 34.4 Å². The zero-order chi connectivity index (χ0) is 15.3. The summed E-state index contributed by atoms with van der Waals surface area (Å²) in [4.78, 5) is 11.4. The van der Waals surface area contributed by atoms with Crippen LogP contribution in [0.1, 0.15) is 29.2 Å². The number of carbonyl (C=O) groups excluding carboxylic acids is 1. The highest BCUT2D eigenvalue weighted by atomic mass is 19.4. The number of benzene rings is 1. The molecule has 0 unspecified atom stereocenters. The van der Waals surface area contributed by atoms with E-state index < -0.39 is 17.7 Å². The van der Waals surface area contributed by atoms with E-state index in [1.165, 1.54) is 6.07 Å². The van der Waals surface area contributed by atoms with E-state index in [-0.39, 0.29) is 36.3 Å². The Kier molecular flexibility index (Phi) is 5.11. The van der Waals surface area contributed by atoms with E-state index in [4.69, 9.17) is 15.7 Å². The Bertz CT molecular complexity index is 548. The number of nitriles is 1. The van der Waals surface area contributed by atoms with Crippen LogP contribution in [-0.2, 0) is 28.7 Å². The second-order valence-corrected chi connectivity index (χ2v) is 3.96. The second-order valence-electron chi connectivity index (χ2n) is 3.96. The predicted octanol–water partition coefficient (Wildman–Crippen LogP) is 2.14. The summed E-state index contributed by atoms with van der Waals surface area (Å²) in [5, 5.41) is 8.79. The van der Waals surface area contributed by atoms with Crippen molar-refractivity contribution in [1.82, 2.24) is 0 Å². The molecule has 7 heteroatoms. The SMILES string of the molecule is CCOC(=O)Cc1cc(C#N)cc(C(F)(F)F)c1CN. The van der Waals surface area contributed by atoms with Crippen LogP contribution in [0, 0.1) is 11.3 Å². The minimum atomic E-state index is -4.63. The van der Waals surface area contributed by atoms with E-state index in [0.29, 0.717) is 0 Å². The third-order valence-electron chi connectivity index (χ3n) is 2.62. The molecular formula is C13H13F3N2O2. The summed E-state index contributed by atoms with van der Waals surface area (Å²) in [5.74, 6) is -0.662. The summed E-state index contributed by atoms with van der Waals surface area (Å²) < 4.78 is 43.5. The fraction of sp³-hybridized carbons (Fsp3) is 0.385. The lowest BCUT2D eigenvalue weighted by atomic mass is 9.95. The number of rotatable bonds is 4. The van der Waals surface area contributed by atoms with E-state index in [1.807, 2.05) is 0 Å². The minimum Gasteiger partial charge on any atom is -0.466 e. The molecule has 0 spiro atoms. The van der Waals surface area contributed by atoms with Crippen LogP contribution in [0.3, 0.4) is 0 Å². The van der Waals surface area contributed by atoms with E-state index in [2.05, 4.69) is 0 Å². The minimum absolute atomic E-state index is 0.0670. The van der Waals surface area contributed by atoms with Gasteiger partial charge in [-0.3, -0.25) is 4.79 Å². The number of hydrogen-bond donors (Lipinski definition) is 1. The molecule has 1 rings (SSSR count). The zero-order valence-corrected chi connectivity index (χ0v) is 10.8. The first-order valence-electron chi connectivity index (χ1n) is 5.82. The van der Waals surface area contributed by atoms with Gasteiger partial charge >= 0.3 is 12.1 Å². The van der Waals surface area contributed by atoms with Crippen LogP contribution in [0.15, 0.2) is 12.1 Å². The van der Waals surface area contributed by atoms with E-state index in [1.54, 1.807) is 13.0 Å². The maximum Gasteiger partial charge on any atom is 0.416 e. The van der Waals surface area contributed by atoms with Crippen LogP contribution >= 0.6 is 0 Å². The standard InChI is InChI=1S/C13H13F3N2O2/c1-2-20-12(19)5-9-3-8(6-17)4-11(10(9)7-18)13(14,15)16/h3-4H,2,5,7,18H2,1H3. The van der Waals surface area contributed by atoms with Crippen molar-refractivity contribution in [2.75, 3.05) is 6.61 Å². The average Bonchev–Trinajstić information content (AvgIpc) is 2.36. The summed E-state index contributed by atoms with van der Waals surface area (Å²) in [6.07, 6.45) is -4.98. The summed E-state index contributed by atoms with van der Waals surface area (Å²) in [6, 6.07) is 3.61. The van der Waals surface area contributed by atoms with Gasteiger partial charge in [-0.25, -0.2) is 0 Å². The maximum atomic E-state index is 12.9. The van der Waals surface area contributed by atoms with Crippen molar-refractivity contribution < 1.29 is 22.7 Å². The van der Waals surface area contributed by atoms with Crippen molar-refractivity contribution >= 4 is 5.97 Å². The largest absolute Gasteiger partial charge is 0.466 e. The Hall–Kier alpha value is -2.07. The van der Waals surface area contributed by atoms with Gasteiger partial charge in [0, 0.05) is 6.54 Å². The fourth-order valence-electron chi connectivity index (χ4n) is 1.82. The number of carbonyl (C=O) groups is 1. The quantitative estimate of drug-likeness (QED) is 0.860. The highest BCUT2D eigenvalue weighted by Gasteiger charge is 2.34. The Morgan fingerprint density at radius 3 is 2.55 bits per heavy atom. The lowest BCUT2D eigenvalue weighted by Crippen LogP contribution is -2.17. The van der Waals surface area contributed by atoms with E-state index in [0.717, 1.165) is 6.07 Å².